The molecule has 23 heavy (non-hydrogen) atoms. The molecule has 4 nitrogen and oxygen atoms in total. The van der Waals surface area contributed by atoms with Crippen LogP contribution in [0.3, 0.4) is 0 Å². The van der Waals surface area contributed by atoms with E-state index in [4.69, 9.17) is 0 Å². The summed E-state index contributed by atoms with van der Waals surface area (Å²) in [4.78, 5) is 13.1. The number of benzene rings is 1. The molecule has 3 rings (SSSR count). The quantitative estimate of drug-likeness (QED) is 0.842. The van der Waals surface area contributed by atoms with Crippen molar-refractivity contribution in [1.29, 1.82) is 0 Å². The largest absolute Gasteiger partial charge is 0.340 e. The fraction of sp³-hybridized carbons (Fsp3) is 0.353. The third kappa shape index (κ3) is 3.59. The number of aromatic nitrogens is 1. The van der Waals surface area contributed by atoms with E-state index in [1.165, 1.54) is 17.8 Å². The third-order valence-electron chi connectivity index (χ3n) is 4.12. The molecular weight excluding hydrogens is 313 g/mol. The van der Waals surface area contributed by atoms with Crippen molar-refractivity contribution in [3.63, 3.8) is 0 Å². The number of thioether (sulfide) groups is 1. The van der Waals surface area contributed by atoms with Crippen LogP contribution in [0.5, 0.6) is 0 Å². The van der Waals surface area contributed by atoms with Crippen LogP contribution in [-0.4, -0.2) is 29.8 Å². The SMILES string of the molecule is CSc1ccc(NC(=O)c2cccn2C2CCNCC2)cc1F. The van der Waals surface area contributed by atoms with Gasteiger partial charge in [0.15, 0.2) is 0 Å². The van der Waals surface area contributed by atoms with E-state index in [0.29, 0.717) is 22.3 Å². The molecule has 0 aliphatic carbocycles. The number of amides is 1. The first-order valence-corrected chi connectivity index (χ1v) is 8.94. The smallest absolute Gasteiger partial charge is 0.272 e. The van der Waals surface area contributed by atoms with Crippen LogP contribution < -0.4 is 10.6 Å². The lowest BCUT2D eigenvalue weighted by molar-refractivity contribution is 0.101. The molecule has 1 aliphatic rings. The predicted molar refractivity (Wildman–Crippen MR) is 91.7 cm³/mol. The number of nitrogens with zero attached hydrogens (tertiary/aromatic N) is 1. The number of rotatable bonds is 4. The number of nitrogens with one attached hydrogen (secondary N) is 2. The molecule has 1 aliphatic heterocycles. The number of carbonyl (C=O) groups is 1. The summed E-state index contributed by atoms with van der Waals surface area (Å²) >= 11 is 1.34. The van der Waals surface area contributed by atoms with Crippen LogP contribution in [0.4, 0.5) is 10.1 Å². The molecule has 0 atom stereocenters. The van der Waals surface area contributed by atoms with Gasteiger partial charge in [0.2, 0.25) is 0 Å². The van der Waals surface area contributed by atoms with E-state index in [-0.39, 0.29) is 11.7 Å². The average Bonchev–Trinajstić information content (AvgIpc) is 3.05. The number of piperidine rings is 1. The van der Waals surface area contributed by atoms with E-state index in [2.05, 4.69) is 10.6 Å². The summed E-state index contributed by atoms with van der Waals surface area (Å²) < 4.78 is 15.9. The zero-order chi connectivity index (χ0) is 16.2. The highest BCUT2D eigenvalue weighted by atomic mass is 32.2. The summed E-state index contributed by atoms with van der Waals surface area (Å²) in [5, 5.41) is 6.12. The van der Waals surface area contributed by atoms with Gasteiger partial charge in [0, 0.05) is 22.8 Å². The zero-order valence-electron chi connectivity index (χ0n) is 13.0. The van der Waals surface area contributed by atoms with Crippen molar-refractivity contribution in [1.82, 2.24) is 9.88 Å². The van der Waals surface area contributed by atoms with Crippen LogP contribution >= 0.6 is 11.8 Å². The van der Waals surface area contributed by atoms with E-state index in [0.717, 1.165) is 25.9 Å². The van der Waals surface area contributed by atoms with Gasteiger partial charge in [0.05, 0.1) is 0 Å². The average molecular weight is 333 g/mol. The first-order valence-electron chi connectivity index (χ1n) is 7.71. The molecule has 6 heteroatoms. The highest BCUT2D eigenvalue weighted by Gasteiger charge is 2.20. The third-order valence-corrected chi connectivity index (χ3v) is 4.89. The van der Waals surface area contributed by atoms with Crippen molar-refractivity contribution in [2.45, 2.75) is 23.8 Å². The lowest BCUT2D eigenvalue weighted by Crippen LogP contribution is -2.31. The number of anilines is 1. The van der Waals surface area contributed by atoms with Crippen molar-refractivity contribution in [3.8, 4) is 0 Å². The summed E-state index contributed by atoms with van der Waals surface area (Å²) in [6.07, 6.45) is 5.78. The second-order valence-corrected chi connectivity index (χ2v) is 6.43. The molecule has 1 aromatic carbocycles. The van der Waals surface area contributed by atoms with E-state index in [1.807, 2.05) is 29.2 Å². The summed E-state index contributed by atoms with van der Waals surface area (Å²) in [6.45, 7) is 1.93. The molecule has 2 heterocycles. The minimum atomic E-state index is -0.316. The molecule has 1 fully saturated rings. The van der Waals surface area contributed by atoms with Crippen molar-refractivity contribution in [2.24, 2.45) is 0 Å². The first kappa shape index (κ1) is 16.1. The highest BCUT2D eigenvalue weighted by molar-refractivity contribution is 7.98. The first-order chi connectivity index (χ1) is 11.2. The van der Waals surface area contributed by atoms with Crippen LogP contribution in [0, 0.1) is 5.82 Å². The van der Waals surface area contributed by atoms with Gasteiger partial charge >= 0.3 is 0 Å². The van der Waals surface area contributed by atoms with Gasteiger partial charge in [0.25, 0.3) is 5.91 Å². The van der Waals surface area contributed by atoms with Crippen LogP contribution in [-0.2, 0) is 0 Å². The van der Waals surface area contributed by atoms with Gasteiger partial charge in [-0.25, -0.2) is 4.39 Å². The maximum Gasteiger partial charge on any atom is 0.272 e. The maximum absolute atomic E-state index is 13.8. The lowest BCUT2D eigenvalue weighted by Gasteiger charge is -2.25. The number of carbonyl (C=O) groups excluding carboxylic acids is 1. The Balaban J connectivity index is 1.76. The van der Waals surface area contributed by atoms with Gasteiger partial charge in [-0.15, -0.1) is 11.8 Å². The molecule has 0 spiro atoms. The highest BCUT2D eigenvalue weighted by Crippen LogP contribution is 2.24. The molecule has 1 saturated heterocycles. The molecule has 0 bridgehead atoms. The van der Waals surface area contributed by atoms with Gasteiger partial charge in [-0.1, -0.05) is 0 Å². The summed E-state index contributed by atoms with van der Waals surface area (Å²) in [5.74, 6) is -0.520. The molecule has 0 radical (unpaired) electrons. The Morgan fingerprint density at radius 1 is 1.35 bits per heavy atom. The predicted octanol–water partition coefficient (Wildman–Crippen LogP) is 3.53. The van der Waals surface area contributed by atoms with Crippen molar-refractivity contribution in [3.05, 3.63) is 48.0 Å². The molecule has 1 amide bonds. The lowest BCUT2D eigenvalue weighted by atomic mass is 10.1. The zero-order valence-corrected chi connectivity index (χ0v) is 13.8. The standard InChI is InChI=1S/C17H20FN3OS/c1-23-16-5-4-12(11-14(16)18)20-17(22)15-3-2-10-21(15)13-6-8-19-9-7-13/h2-5,10-11,13,19H,6-9H2,1H3,(H,20,22). The van der Waals surface area contributed by atoms with Crippen molar-refractivity contribution < 1.29 is 9.18 Å². The number of hydrogen-bond acceptors (Lipinski definition) is 3. The Bertz CT molecular complexity index is 695. The second kappa shape index (κ2) is 7.19. The Hall–Kier alpha value is -1.79. The van der Waals surface area contributed by atoms with Crippen molar-refractivity contribution >= 4 is 23.4 Å². The summed E-state index contributed by atoms with van der Waals surface area (Å²) in [6, 6.07) is 8.80. The number of halogens is 1. The minimum Gasteiger partial charge on any atom is -0.340 e. The second-order valence-electron chi connectivity index (χ2n) is 5.59. The van der Waals surface area contributed by atoms with Crippen LogP contribution in [0.15, 0.2) is 41.4 Å². The van der Waals surface area contributed by atoms with Gasteiger partial charge in [-0.3, -0.25) is 4.79 Å². The molecule has 0 saturated carbocycles. The van der Waals surface area contributed by atoms with Crippen LogP contribution in [0.25, 0.3) is 0 Å². The summed E-state index contributed by atoms with van der Waals surface area (Å²) in [7, 11) is 0. The van der Waals surface area contributed by atoms with Gasteiger partial charge in [-0.2, -0.15) is 0 Å². The molecule has 2 N–H and O–H groups in total. The minimum absolute atomic E-state index is 0.204. The normalized spacial score (nSPS) is 15.6. The number of hydrogen-bond donors (Lipinski definition) is 2. The van der Waals surface area contributed by atoms with Gasteiger partial charge < -0.3 is 15.2 Å². The Labute approximate surface area is 139 Å². The molecule has 1 aromatic heterocycles. The van der Waals surface area contributed by atoms with E-state index in [9.17, 15) is 9.18 Å². The molecule has 0 unspecified atom stereocenters. The summed E-state index contributed by atoms with van der Waals surface area (Å²) in [5.41, 5.74) is 1.09. The van der Waals surface area contributed by atoms with E-state index >= 15 is 0 Å². The van der Waals surface area contributed by atoms with Crippen molar-refractivity contribution in [2.75, 3.05) is 24.7 Å². The van der Waals surface area contributed by atoms with Gasteiger partial charge in [0.1, 0.15) is 11.5 Å². The van der Waals surface area contributed by atoms with E-state index < -0.39 is 0 Å². The topological polar surface area (TPSA) is 46.1 Å². The Morgan fingerprint density at radius 3 is 2.83 bits per heavy atom. The maximum atomic E-state index is 13.8. The van der Waals surface area contributed by atoms with E-state index in [1.54, 1.807) is 12.1 Å². The molecular formula is C17H20FN3OS. The van der Waals surface area contributed by atoms with Crippen LogP contribution in [0.1, 0.15) is 29.4 Å². The Kier molecular flexibility index (Phi) is 5.03. The fourth-order valence-corrected chi connectivity index (χ4v) is 3.39. The molecule has 2 aromatic rings. The Morgan fingerprint density at radius 2 is 2.13 bits per heavy atom. The van der Waals surface area contributed by atoms with Gasteiger partial charge in [-0.05, 0) is 62.5 Å². The monoisotopic (exact) mass is 333 g/mol. The molecule has 122 valence electrons. The van der Waals surface area contributed by atoms with Crippen LogP contribution in [0.2, 0.25) is 0 Å². The fourth-order valence-electron chi connectivity index (χ4n) is 2.93.